The number of hydrogen-bond donors (Lipinski definition) is 3. The summed E-state index contributed by atoms with van der Waals surface area (Å²) in [6.45, 7) is 0.322. The van der Waals surface area contributed by atoms with E-state index < -0.39 is 0 Å². The molecular weight excluding hydrogens is 283 g/mol. The van der Waals surface area contributed by atoms with Gasteiger partial charge in [-0.05, 0) is 47.9 Å². The second-order valence-electron chi connectivity index (χ2n) is 5.10. The van der Waals surface area contributed by atoms with Crippen LogP contribution in [0.4, 0.5) is 10.1 Å². The fraction of sp³-hybridized carbons (Fsp3) is 0.118. The van der Waals surface area contributed by atoms with Gasteiger partial charge in [0.05, 0.1) is 0 Å². The third-order valence-electron chi connectivity index (χ3n) is 3.47. The summed E-state index contributed by atoms with van der Waals surface area (Å²) in [7, 11) is 0. The molecule has 3 rings (SSSR count). The van der Waals surface area contributed by atoms with Crippen molar-refractivity contribution >= 4 is 11.6 Å². The van der Waals surface area contributed by atoms with Crippen molar-refractivity contribution < 1.29 is 14.3 Å². The number of carbonyl (C=O) groups excluding carboxylic acids is 1. The quantitative estimate of drug-likeness (QED) is 0.816. The predicted molar refractivity (Wildman–Crippen MR) is 81.8 cm³/mol. The Morgan fingerprint density at radius 2 is 2.14 bits per heavy atom. The average molecular weight is 298 g/mol. The molecule has 1 heterocycles. The summed E-state index contributed by atoms with van der Waals surface area (Å²) in [5.41, 5.74) is 2.82. The van der Waals surface area contributed by atoms with E-state index in [0.717, 1.165) is 16.8 Å². The normalized spacial score (nSPS) is 12.9. The molecule has 5 heteroatoms. The van der Waals surface area contributed by atoms with Crippen molar-refractivity contribution in [3.8, 4) is 5.75 Å². The number of amides is 1. The standard InChI is InChI=1S/C17H15FN2O2/c18-13-5-7-15-12(9-13)4-6-16(20-15)17(22)19-10-11-2-1-3-14(21)8-11/h1-3,5-9,20-21H,4,10H2,(H,19,22). The fourth-order valence-electron chi connectivity index (χ4n) is 2.35. The second kappa shape index (κ2) is 5.89. The molecule has 0 aromatic heterocycles. The zero-order valence-corrected chi connectivity index (χ0v) is 11.8. The first-order valence-electron chi connectivity index (χ1n) is 6.93. The molecule has 1 aliphatic rings. The van der Waals surface area contributed by atoms with Gasteiger partial charge in [-0.15, -0.1) is 0 Å². The van der Waals surface area contributed by atoms with Crippen molar-refractivity contribution in [2.45, 2.75) is 13.0 Å². The minimum absolute atomic E-state index is 0.165. The van der Waals surface area contributed by atoms with Crippen LogP contribution in [0.15, 0.2) is 54.2 Å². The van der Waals surface area contributed by atoms with Gasteiger partial charge in [0.15, 0.2) is 0 Å². The van der Waals surface area contributed by atoms with Crippen LogP contribution in [-0.2, 0) is 17.8 Å². The van der Waals surface area contributed by atoms with Gasteiger partial charge in [0.25, 0.3) is 5.91 Å². The van der Waals surface area contributed by atoms with Crippen molar-refractivity contribution in [3.63, 3.8) is 0 Å². The van der Waals surface area contributed by atoms with Crippen molar-refractivity contribution in [2.24, 2.45) is 0 Å². The van der Waals surface area contributed by atoms with E-state index in [1.165, 1.54) is 12.1 Å². The van der Waals surface area contributed by atoms with E-state index in [1.54, 1.807) is 30.3 Å². The minimum Gasteiger partial charge on any atom is -0.508 e. The summed E-state index contributed by atoms with van der Waals surface area (Å²) < 4.78 is 13.1. The van der Waals surface area contributed by atoms with Crippen LogP contribution in [0.3, 0.4) is 0 Å². The molecule has 0 atom stereocenters. The maximum absolute atomic E-state index is 13.1. The molecule has 1 amide bonds. The van der Waals surface area contributed by atoms with Crippen molar-refractivity contribution in [1.82, 2.24) is 5.32 Å². The number of allylic oxidation sites excluding steroid dienone is 1. The van der Waals surface area contributed by atoms with Crippen LogP contribution in [0, 0.1) is 5.82 Å². The Balaban J connectivity index is 1.64. The summed E-state index contributed by atoms with van der Waals surface area (Å²) in [5, 5.41) is 15.2. The number of halogens is 1. The number of carbonyl (C=O) groups is 1. The lowest BCUT2D eigenvalue weighted by Crippen LogP contribution is -2.29. The van der Waals surface area contributed by atoms with Crippen LogP contribution in [-0.4, -0.2) is 11.0 Å². The molecule has 1 aliphatic heterocycles. The van der Waals surface area contributed by atoms with E-state index in [1.807, 2.05) is 6.07 Å². The van der Waals surface area contributed by atoms with Gasteiger partial charge in [0, 0.05) is 12.2 Å². The summed E-state index contributed by atoms with van der Waals surface area (Å²) in [4.78, 5) is 12.2. The van der Waals surface area contributed by atoms with Gasteiger partial charge in [0.1, 0.15) is 17.3 Å². The molecule has 22 heavy (non-hydrogen) atoms. The zero-order valence-electron chi connectivity index (χ0n) is 11.8. The average Bonchev–Trinajstić information content (AvgIpc) is 2.52. The number of hydrogen-bond acceptors (Lipinski definition) is 3. The smallest absolute Gasteiger partial charge is 0.267 e. The number of anilines is 1. The number of phenolic OH excluding ortho intramolecular Hbond substituents is 1. The molecule has 0 saturated heterocycles. The summed E-state index contributed by atoms with van der Waals surface area (Å²) >= 11 is 0. The Hall–Kier alpha value is -2.82. The zero-order chi connectivity index (χ0) is 15.5. The largest absolute Gasteiger partial charge is 0.508 e. The fourth-order valence-corrected chi connectivity index (χ4v) is 2.35. The molecule has 0 spiro atoms. The van der Waals surface area contributed by atoms with Crippen LogP contribution in [0.25, 0.3) is 0 Å². The minimum atomic E-state index is -0.286. The Morgan fingerprint density at radius 1 is 1.27 bits per heavy atom. The van der Waals surface area contributed by atoms with E-state index >= 15 is 0 Å². The number of fused-ring (bicyclic) bond motifs is 1. The van der Waals surface area contributed by atoms with Crippen LogP contribution < -0.4 is 10.6 Å². The number of nitrogens with one attached hydrogen (secondary N) is 2. The Kier molecular flexibility index (Phi) is 3.78. The van der Waals surface area contributed by atoms with Gasteiger partial charge in [-0.1, -0.05) is 18.2 Å². The number of benzene rings is 2. The second-order valence-corrected chi connectivity index (χ2v) is 5.10. The van der Waals surface area contributed by atoms with Crippen molar-refractivity contribution in [2.75, 3.05) is 5.32 Å². The molecule has 2 aromatic rings. The first-order valence-corrected chi connectivity index (χ1v) is 6.93. The van der Waals surface area contributed by atoms with E-state index in [0.29, 0.717) is 18.7 Å². The highest BCUT2D eigenvalue weighted by atomic mass is 19.1. The molecule has 0 unspecified atom stereocenters. The molecule has 0 saturated carbocycles. The topological polar surface area (TPSA) is 61.4 Å². The van der Waals surface area contributed by atoms with Gasteiger partial charge >= 0.3 is 0 Å². The molecule has 112 valence electrons. The van der Waals surface area contributed by atoms with Gasteiger partial charge in [-0.25, -0.2) is 4.39 Å². The van der Waals surface area contributed by atoms with Crippen LogP contribution in [0.5, 0.6) is 5.75 Å². The van der Waals surface area contributed by atoms with Gasteiger partial charge in [0.2, 0.25) is 0 Å². The molecule has 2 aromatic carbocycles. The van der Waals surface area contributed by atoms with Crippen LogP contribution >= 0.6 is 0 Å². The third-order valence-corrected chi connectivity index (χ3v) is 3.47. The summed E-state index contributed by atoms with van der Waals surface area (Å²) in [6, 6.07) is 11.2. The third kappa shape index (κ3) is 3.09. The highest BCUT2D eigenvalue weighted by molar-refractivity contribution is 5.97. The van der Waals surface area contributed by atoms with E-state index in [4.69, 9.17) is 0 Å². The van der Waals surface area contributed by atoms with Gasteiger partial charge < -0.3 is 15.7 Å². The Morgan fingerprint density at radius 3 is 2.95 bits per heavy atom. The highest BCUT2D eigenvalue weighted by Gasteiger charge is 2.16. The predicted octanol–water partition coefficient (Wildman–Crippen LogP) is 2.70. The number of aromatic hydroxyl groups is 1. The molecular formula is C17H15FN2O2. The maximum Gasteiger partial charge on any atom is 0.267 e. The molecule has 0 fully saturated rings. The van der Waals surface area contributed by atoms with E-state index in [9.17, 15) is 14.3 Å². The lowest BCUT2D eigenvalue weighted by molar-refractivity contribution is -0.117. The lowest BCUT2D eigenvalue weighted by atomic mass is 10.0. The first kappa shape index (κ1) is 14.1. The van der Waals surface area contributed by atoms with Crippen molar-refractivity contribution in [3.05, 3.63) is 71.2 Å². The van der Waals surface area contributed by atoms with Gasteiger partial charge in [-0.2, -0.15) is 0 Å². The van der Waals surface area contributed by atoms with Crippen molar-refractivity contribution in [1.29, 1.82) is 0 Å². The maximum atomic E-state index is 13.1. The molecule has 0 radical (unpaired) electrons. The van der Waals surface area contributed by atoms with Crippen LogP contribution in [0.2, 0.25) is 0 Å². The molecule has 4 nitrogen and oxygen atoms in total. The first-order chi connectivity index (χ1) is 10.6. The molecule has 0 aliphatic carbocycles. The van der Waals surface area contributed by atoms with Gasteiger partial charge in [-0.3, -0.25) is 4.79 Å². The monoisotopic (exact) mass is 298 g/mol. The lowest BCUT2D eigenvalue weighted by Gasteiger charge is -2.19. The van der Waals surface area contributed by atoms with E-state index in [-0.39, 0.29) is 17.5 Å². The Bertz CT molecular complexity index is 756. The summed E-state index contributed by atoms with van der Waals surface area (Å²) in [6.07, 6.45) is 2.24. The Labute approximate surface area is 127 Å². The SMILES string of the molecule is O=C(NCc1cccc(O)c1)C1=CCc2cc(F)ccc2N1. The summed E-state index contributed by atoms with van der Waals surface area (Å²) in [5.74, 6) is -0.359. The van der Waals surface area contributed by atoms with Crippen LogP contribution in [0.1, 0.15) is 11.1 Å². The highest BCUT2D eigenvalue weighted by Crippen LogP contribution is 2.24. The van der Waals surface area contributed by atoms with E-state index in [2.05, 4.69) is 10.6 Å². The number of rotatable bonds is 3. The number of phenols is 1. The molecule has 3 N–H and O–H groups in total. The molecule has 0 bridgehead atoms.